The van der Waals surface area contributed by atoms with E-state index in [1.54, 1.807) is 12.0 Å². The van der Waals surface area contributed by atoms with Crippen molar-refractivity contribution in [3.05, 3.63) is 35.4 Å². The van der Waals surface area contributed by atoms with Crippen LogP contribution in [0.4, 0.5) is 0 Å². The van der Waals surface area contributed by atoms with E-state index in [1.165, 1.54) is 0 Å². The summed E-state index contributed by atoms with van der Waals surface area (Å²) < 4.78 is 5.19. The molecule has 1 amide bonds. The molecule has 0 N–H and O–H groups in total. The topological polar surface area (TPSA) is 29.5 Å². The SMILES string of the molecule is COc1ccc(C2=[C-]CC(C)C(=O)N2C)c(C)c1.[Y]. The first-order chi connectivity index (χ1) is 8.54. The van der Waals surface area contributed by atoms with Crippen molar-refractivity contribution in [3.63, 3.8) is 0 Å². The predicted octanol–water partition coefficient (Wildman–Crippen LogP) is 2.64. The number of allylic oxidation sites excluding steroid dienone is 1. The Kier molecular flexibility index (Phi) is 5.75. The van der Waals surface area contributed by atoms with Crippen LogP contribution in [0, 0.1) is 18.9 Å². The second-order valence-electron chi connectivity index (χ2n) is 4.71. The van der Waals surface area contributed by atoms with Crippen molar-refractivity contribution in [3.8, 4) is 5.75 Å². The summed E-state index contributed by atoms with van der Waals surface area (Å²) in [7, 11) is 3.46. The quantitative estimate of drug-likeness (QED) is 0.779. The van der Waals surface area contributed by atoms with E-state index in [0.29, 0.717) is 6.42 Å². The van der Waals surface area contributed by atoms with E-state index in [-0.39, 0.29) is 44.5 Å². The number of benzene rings is 1. The summed E-state index contributed by atoms with van der Waals surface area (Å²) in [5, 5.41) is 0. The first-order valence-electron chi connectivity index (χ1n) is 6.08. The Morgan fingerprint density at radius 1 is 1.42 bits per heavy atom. The molecule has 0 fully saturated rings. The molecule has 19 heavy (non-hydrogen) atoms. The zero-order chi connectivity index (χ0) is 13.3. The van der Waals surface area contributed by atoms with Gasteiger partial charge in [-0.1, -0.05) is 20.3 Å². The first-order valence-corrected chi connectivity index (χ1v) is 6.08. The summed E-state index contributed by atoms with van der Waals surface area (Å²) in [6.45, 7) is 3.95. The zero-order valence-corrected chi connectivity index (χ0v) is 14.7. The number of rotatable bonds is 2. The van der Waals surface area contributed by atoms with Crippen molar-refractivity contribution in [2.45, 2.75) is 20.3 Å². The Labute approximate surface area is 139 Å². The van der Waals surface area contributed by atoms with Crippen molar-refractivity contribution in [1.82, 2.24) is 4.90 Å². The van der Waals surface area contributed by atoms with Crippen molar-refractivity contribution in [2.24, 2.45) is 5.92 Å². The molecule has 3 nitrogen and oxygen atoms in total. The molecule has 1 unspecified atom stereocenters. The molecule has 0 spiro atoms. The van der Waals surface area contributed by atoms with Crippen molar-refractivity contribution in [1.29, 1.82) is 0 Å². The molecule has 0 bridgehead atoms. The minimum atomic E-state index is 0. The van der Waals surface area contributed by atoms with Crippen molar-refractivity contribution >= 4 is 11.6 Å². The van der Waals surface area contributed by atoms with Gasteiger partial charge in [-0.2, -0.15) is 0 Å². The van der Waals surface area contributed by atoms with Gasteiger partial charge < -0.3 is 9.64 Å². The number of ether oxygens (including phenoxy) is 1. The minimum Gasteiger partial charge on any atom is -0.497 e. The third-order valence-electron chi connectivity index (χ3n) is 3.35. The molecular weight excluding hydrogens is 315 g/mol. The maximum atomic E-state index is 12.0. The number of carbonyl (C=O) groups excluding carboxylic acids is 1. The second kappa shape index (κ2) is 6.67. The zero-order valence-electron chi connectivity index (χ0n) is 11.9. The number of hydrogen-bond acceptors (Lipinski definition) is 2. The number of carbonyl (C=O) groups is 1. The van der Waals surface area contributed by atoms with Crippen LogP contribution in [-0.4, -0.2) is 25.0 Å². The molecule has 1 atom stereocenters. The van der Waals surface area contributed by atoms with Gasteiger partial charge in [0.05, 0.1) is 7.11 Å². The average Bonchev–Trinajstić information content (AvgIpc) is 2.37. The maximum absolute atomic E-state index is 12.0. The van der Waals surface area contributed by atoms with Crippen LogP contribution in [0.2, 0.25) is 0 Å². The van der Waals surface area contributed by atoms with E-state index < -0.39 is 0 Å². The van der Waals surface area contributed by atoms with E-state index >= 15 is 0 Å². The number of hydrogen-bond donors (Lipinski definition) is 0. The van der Waals surface area contributed by atoms with Gasteiger partial charge >= 0.3 is 0 Å². The molecule has 1 aromatic rings. The van der Waals surface area contributed by atoms with Crippen molar-refractivity contribution in [2.75, 3.05) is 14.2 Å². The number of nitrogens with zero attached hydrogens (tertiary/aromatic N) is 1. The molecule has 1 aliphatic rings. The van der Waals surface area contributed by atoms with Gasteiger partial charge in [0.2, 0.25) is 5.91 Å². The number of aryl methyl sites for hydroxylation is 1. The van der Waals surface area contributed by atoms with E-state index in [1.807, 2.05) is 39.1 Å². The molecule has 0 aromatic heterocycles. The molecule has 4 heteroatoms. The van der Waals surface area contributed by atoms with Crippen LogP contribution in [-0.2, 0) is 37.5 Å². The van der Waals surface area contributed by atoms with Crippen molar-refractivity contribution < 1.29 is 42.2 Å². The van der Waals surface area contributed by atoms with Gasteiger partial charge in [-0.15, -0.1) is 22.9 Å². The largest absolute Gasteiger partial charge is 0.497 e. The van der Waals surface area contributed by atoms with Gasteiger partial charge in [0.15, 0.2) is 0 Å². The van der Waals surface area contributed by atoms with Gasteiger partial charge in [0.25, 0.3) is 0 Å². The van der Waals surface area contributed by atoms with Gasteiger partial charge in [0, 0.05) is 45.7 Å². The van der Waals surface area contributed by atoms with E-state index in [4.69, 9.17) is 4.74 Å². The Morgan fingerprint density at radius 3 is 2.68 bits per heavy atom. The molecule has 1 heterocycles. The summed E-state index contributed by atoms with van der Waals surface area (Å²) in [6.07, 6.45) is 4.01. The molecule has 1 aromatic carbocycles. The van der Waals surface area contributed by atoms with Crippen LogP contribution in [0.5, 0.6) is 5.75 Å². The van der Waals surface area contributed by atoms with Gasteiger partial charge in [-0.05, 0) is 12.1 Å². The summed E-state index contributed by atoms with van der Waals surface area (Å²) in [4.78, 5) is 13.7. The number of amides is 1. The van der Waals surface area contributed by atoms with Crippen LogP contribution in [0.25, 0.3) is 5.70 Å². The van der Waals surface area contributed by atoms with Crippen LogP contribution in [0.15, 0.2) is 18.2 Å². The third-order valence-corrected chi connectivity index (χ3v) is 3.35. The van der Waals surface area contributed by atoms with E-state index in [0.717, 1.165) is 22.6 Å². The summed E-state index contributed by atoms with van der Waals surface area (Å²) in [6, 6.07) is 5.87. The Bertz CT molecular complexity index is 511. The first kappa shape index (κ1) is 16.4. The Morgan fingerprint density at radius 2 is 2.11 bits per heavy atom. The molecule has 2 rings (SSSR count). The smallest absolute Gasteiger partial charge is 0.225 e. The fourth-order valence-electron chi connectivity index (χ4n) is 2.20. The fourth-order valence-corrected chi connectivity index (χ4v) is 2.20. The van der Waals surface area contributed by atoms with Crippen LogP contribution in [0.1, 0.15) is 24.5 Å². The molecule has 1 aliphatic heterocycles. The summed E-state index contributed by atoms with van der Waals surface area (Å²) in [5.74, 6) is 1.01. The third kappa shape index (κ3) is 3.26. The average molecular weight is 333 g/mol. The standard InChI is InChI=1S/C15H18NO2.Y/c1-10-5-8-14(16(3)15(10)17)13-7-6-12(18-4)9-11(13)2;/h6-7,9-10H,5H2,1-4H3;/q-1;. The Balaban J connectivity index is 0.00000180. The summed E-state index contributed by atoms with van der Waals surface area (Å²) in [5.41, 5.74) is 3.00. The van der Waals surface area contributed by atoms with Crippen LogP contribution < -0.4 is 4.74 Å². The molecule has 0 saturated carbocycles. The normalized spacial score (nSPS) is 18.7. The maximum Gasteiger partial charge on any atom is 0.225 e. The minimum absolute atomic E-state index is 0. The van der Waals surface area contributed by atoms with Gasteiger partial charge in [0.1, 0.15) is 5.75 Å². The fraction of sp³-hybridized carbons (Fsp3) is 0.400. The van der Waals surface area contributed by atoms with Gasteiger partial charge in [-0.25, -0.2) is 6.08 Å². The van der Waals surface area contributed by atoms with Gasteiger partial charge in [-0.3, -0.25) is 4.79 Å². The molecule has 0 saturated heterocycles. The molecular formula is C15H18NO2Y-. The van der Waals surface area contributed by atoms with Crippen LogP contribution >= 0.6 is 0 Å². The van der Waals surface area contributed by atoms with E-state index in [2.05, 4.69) is 6.08 Å². The number of methoxy groups -OCH3 is 1. The molecule has 0 aliphatic carbocycles. The molecule has 1 radical (unpaired) electrons. The molecule has 99 valence electrons. The monoisotopic (exact) mass is 333 g/mol. The Hall–Kier alpha value is -0.666. The van der Waals surface area contributed by atoms with Crippen LogP contribution in [0.3, 0.4) is 0 Å². The second-order valence-corrected chi connectivity index (χ2v) is 4.71. The predicted molar refractivity (Wildman–Crippen MR) is 70.9 cm³/mol. The van der Waals surface area contributed by atoms with E-state index in [9.17, 15) is 4.79 Å². The summed E-state index contributed by atoms with van der Waals surface area (Å²) >= 11 is 0.